The Kier molecular flexibility index (Phi) is 3.33. The van der Waals surface area contributed by atoms with E-state index in [0.29, 0.717) is 12.8 Å². The predicted octanol–water partition coefficient (Wildman–Crippen LogP) is 0.954. The molecule has 1 N–H and O–H groups in total. The summed E-state index contributed by atoms with van der Waals surface area (Å²) < 4.78 is 0. The Hall–Kier alpha value is -1.16. The first kappa shape index (κ1) is 12.3. The van der Waals surface area contributed by atoms with Crippen molar-refractivity contribution >= 4 is 11.8 Å². The van der Waals surface area contributed by atoms with Gasteiger partial charge in [0.25, 0.3) is 0 Å². The molecule has 4 nitrogen and oxygen atoms in total. The third-order valence-corrected chi connectivity index (χ3v) is 4.06. The van der Waals surface area contributed by atoms with Gasteiger partial charge in [0.15, 0.2) is 0 Å². The van der Waals surface area contributed by atoms with Gasteiger partial charge in [-0.05, 0) is 25.7 Å². The van der Waals surface area contributed by atoms with Crippen LogP contribution in [0.5, 0.6) is 0 Å². The number of fused-ring (bicyclic) bond motifs is 1. The predicted molar refractivity (Wildman–Crippen MR) is 62.9 cm³/mol. The minimum Gasteiger partial charge on any atom is -0.396 e. The summed E-state index contributed by atoms with van der Waals surface area (Å²) in [5.74, 6) is -0.521. The molecule has 0 radical (unpaired) electrons. The molecule has 4 atom stereocenters. The largest absolute Gasteiger partial charge is 0.396 e. The van der Waals surface area contributed by atoms with Crippen molar-refractivity contribution in [3.63, 3.8) is 0 Å². The van der Waals surface area contributed by atoms with Gasteiger partial charge in [-0.25, -0.2) is 0 Å². The smallest absolute Gasteiger partial charge is 0.233 e. The van der Waals surface area contributed by atoms with E-state index in [1.807, 2.05) is 26.0 Å². The van der Waals surface area contributed by atoms with Gasteiger partial charge in [-0.3, -0.25) is 14.5 Å². The number of aliphatic hydroxyl groups is 1. The van der Waals surface area contributed by atoms with E-state index >= 15 is 0 Å². The molecule has 0 spiro atoms. The van der Waals surface area contributed by atoms with Crippen LogP contribution in [0.2, 0.25) is 0 Å². The highest BCUT2D eigenvalue weighted by atomic mass is 16.3. The molecular weight excluding hydrogens is 218 g/mol. The number of carbonyl (C=O) groups is 2. The molecule has 1 fully saturated rings. The zero-order valence-corrected chi connectivity index (χ0v) is 10.3. The SMILES string of the molecule is CC(CO)C(C)N1C(=O)[C@H]2CC=CC[C@H]2C1=O. The normalized spacial score (nSPS) is 31.6. The highest BCUT2D eigenvalue weighted by Crippen LogP contribution is 2.36. The Morgan fingerprint density at radius 2 is 1.71 bits per heavy atom. The lowest BCUT2D eigenvalue weighted by atomic mass is 9.85. The minimum atomic E-state index is -0.217. The molecule has 2 unspecified atom stereocenters. The molecule has 0 aromatic carbocycles. The fraction of sp³-hybridized carbons (Fsp3) is 0.692. The zero-order chi connectivity index (χ0) is 12.6. The van der Waals surface area contributed by atoms with Crippen LogP contribution in [0.3, 0.4) is 0 Å². The summed E-state index contributed by atoms with van der Waals surface area (Å²) in [6.07, 6.45) is 5.31. The summed E-state index contributed by atoms with van der Waals surface area (Å²) in [6, 6.07) is -0.217. The Morgan fingerprint density at radius 3 is 2.12 bits per heavy atom. The fourth-order valence-corrected chi connectivity index (χ4v) is 2.63. The minimum absolute atomic E-state index is 0.00813. The van der Waals surface area contributed by atoms with Crippen molar-refractivity contribution in [3.8, 4) is 0 Å². The van der Waals surface area contributed by atoms with E-state index in [2.05, 4.69) is 0 Å². The Balaban J connectivity index is 2.20. The van der Waals surface area contributed by atoms with Gasteiger partial charge in [-0.2, -0.15) is 0 Å². The van der Waals surface area contributed by atoms with Crippen LogP contribution in [0, 0.1) is 17.8 Å². The summed E-state index contributed by atoms with van der Waals surface area (Å²) >= 11 is 0. The lowest BCUT2D eigenvalue weighted by molar-refractivity contribution is -0.143. The summed E-state index contributed by atoms with van der Waals surface area (Å²) in [5, 5.41) is 9.13. The lowest BCUT2D eigenvalue weighted by Crippen LogP contribution is -2.43. The van der Waals surface area contributed by atoms with Crippen molar-refractivity contribution in [2.24, 2.45) is 17.8 Å². The van der Waals surface area contributed by atoms with E-state index in [-0.39, 0.29) is 42.2 Å². The second-order valence-corrected chi connectivity index (χ2v) is 5.10. The molecule has 0 bridgehead atoms. The standard InChI is InChI=1S/C13H19NO3/c1-8(7-15)9(2)14-12(16)10-5-3-4-6-11(10)13(14)17/h3-4,8-11,15H,5-7H2,1-2H3/t8?,9?,10-,11+. The monoisotopic (exact) mass is 237 g/mol. The van der Waals surface area contributed by atoms with E-state index in [1.165, 1.54) is 4.90 Å². The van der Waals surface area contributed by atoms with E-state index < -0.39 is 0 Å². The molecule has 1 saturated heterocycles. The fourth-order valence-electron chi connectivity index (χ4n) is 2.63. The van der Waals surface area contributed by atoms with Crippen LogP contribution in [-0.2, 0) is 9.59 Å². The van der Waals surface area contributed by atoms with E-state index in [0.717, 1.165) is 0 Å². The Bertz CT molecular complexity index is 338. The maximum Gasteiger partial charge on any atom is 0.233 e. The van der Waals surface area contributed by atoms with Gasteiger partial charge < -0.3 is 5.11 Å². The average molecular weight is 237 g/mol. The van der Waals surface area contributed by atoms with Crippen molar-refractivity contribution < 1.29 is 14.7 Å². The van der Waals surface area contributed by atoms with Crippen molar-refractivity contribution in [3.05, 3.63) is 12.2 Å². The molecular formula is C13H19NO3. The second kappa shape index (κ2) is 4.61. The van der Waals surface area contributed by atoms with Crippen LogP contribution in [0.1, 0.15) is 26.7 Å². The number of imide groups is 1. The summed E-state index contributed by atoms with van der Waals surface area (Å²) in [7, 11) is 0. The molecule has 0 aromatic heterocycles. The first-order chi connectivity index (χ1) is 8.07. The highest BCUT2D eigenvalue weighted by Gasteiger charge is 2.49. The van der Waals surface area contributed by atoms with E-state index in [4.69, 9.17) is 5.11 Å². The maximum absolute atomic E-state index is 12.2. The van der Waals surface area contributed by atoms with Crippen LogP contribution in [0.4, 0.5) is 0 Å². The van der Waals surface area contributed by atoms with Crippen LogP contribution < -0.4 is 0 Å². The molecule has 94 valence electrons. The number of aliphatic hydroxyl groups excluding tert-OH is 1. The first-order valence-corrected chi connectivity index (χ1v) is 6.20. The number of allylic oxidation sites excluding steroid dienone is 2. The Morgan fingerprint density at radius 1 is 1.24 bits per heavy atom. The molecule has 4 heteroatoms. The molecule has 0 saturated carbocycles. The Labute approximate surface area is 101 Å². The first-order valence-electron chi connectivity index (χ1n) is 6.20. The molecule has 2 amide bonds. The number of hydrogen-bond donors (Lipinski definition) is 1. The van der Waals surface area contributed by atoms with Crippen LogP contribution >= 0.6 is 0 Å². The molecule has 2 aliphatic rings. The molecule has 0 aromatic rings. The maximum atomic E-state index is 12.2. The molecule has 2 rings (SSSR count). The zero-order valence-electron chi connectivity index (χ0n) is 10.3. The summed E-state index contributed by atoms with van der Waals surface area (Å²) in [4.78, 5) is 25.8. The number of amides is 2. The van der Waals surface area contributed by atoms with Gasteiger partial charge in [0.1, 0.15) is 0 Å². The quantitative estimate of drug-likeness (QED) is 0.587. The average Bonchev–Trinajstić information content (AvgIpc) is 2.61. The topological polar surface area (TPSA) is 57.6 Å². The van der Waals surface area contributed by atoms with Gasteiger partial charge in [0.2, 0.25) is 11.8 Å². The number of rotatable bonds is 3. The summed E-state index contributed by atoms with van der Waals surface area (Å²) in [5.41, 5.74) is 0. The lowest BCUT2D eigenvalue weighted by Gasteiger charge is -2.27. The summed E-state index contributed by atoms with van der Waals surface area (Å²) in [6.45, 7) is 3.68. The van der Waals surface area contributed by atoms with Gasteiger partial charge in [-0.15, -0.1) is 0 Å². The molecule has 1 aliphatic heterocycles. The molecule has 17 heavy (non-hydrogen) atoms. The van der Waals surface area contributed by atoms with E-state index in [9.17, 15) is 9.59 Å². The number of carbonyl (C=O) groups excluding carboxylic acids is 2. The van der Waals surface area contributed by atoms with Gasteiger partial charge in [-0.1, -0.05) is 19.1 Å². The molecule has 1 aliphatic carbocycles. The third kappa shape index (κ3) is 1.90. The molecule has 1 heterocycles. The van der Waals surface area contributed by atoms with Gasteiger partial charge in [0.05, 0.1) is 11.8 Å². The van der Waals surface area contributed by atoms with Crippen LogP contribution in [0.25, 0.3) is 0 Å². The van der Waals surface area contributed by atoms with Crippen molar-refractivity contribution in [2.45, 2.75) is 32.7 Å². The number of likely N-dealkylation sites (tertiary alicyclic amines) is 1. The van der Waals surface area contributed by atoms with Gasteiger partial charge in [0, 0.05) is 12.6 Å². The van der Waals surface area contributed by atoms with Crippen molar-refractivity contribution in [2.75, 3.05) is 6.61 Å². The van der Waals surface area contributed by atoms with Gasteiger partial charge >= 0.3 is 0 Å². The van der Waals surface area contributed by atoms with Crippen LogP contribution in [-0.4, -0.2) is 34.5 Å². The number of nitrogens with zero attached hydrogens (tertiary/aromatic N) is 1. The van der Waals surface area contributed by atoms with Crippen LogP contribution in [0.15, 0.2) is 12.2 Å². The van der Waals surface area contributed by atoms with Crippen molar-refractivity contribution in [1.29, 1.82) is 0 Å². The van der Waals surface area contributed by atoms with Crippen molar-refractivity contribution in [1.82, 2.24) is 4.90 Å². The number of hydrogen-bond acceptors (Lipinski definition) is 3. The third-order valence-electron chi connectivity index (χ3n) is 4.06. The van der Waals surface area contributed by atoms with E-state index in [1.54, 1.807) is 0 Å². The highest BCUT2D eigenvalue weighted by molar-refractivity contribution is 6.05. The second-order valence-electron chi connectivity index (χ2n) is 5.10.